The SMILES string of the molecule is CSc1ccc2nnc(-c3ccccn3)n2n1. The highest BCUT2D eigenvalue weighted by molar-refractivity contribution is 7.98. The van der Waals surface area contributed by atoms with Crippen LogP contribution < -0.4 is 0 Å². The van der Waals surface area contributed by atoms with Crippen LogP contribution in [-0.2, 0) is 0 Å². The van der Waals surface area contributed by atoms with Crippen molar-refractivity contribution in [1.82, 2.24) is 24.8 Å². The van der Waals surface area contributed by atoms with Crippen LogP contribution in [0.25, 0.3) is 17.2 Å². The van der Waals surface area contributed by atoms with Gasteiger partial charge in [0.1, 0.15) is 10.7 Å². The van der Waals surface area contributed by atoms with Gasteiger partial charge in [0.05, 0.1) is 0 Å². The first-order valence-electron chi connectivity index (χ1n) is 5.06. The van der Waals surface area contributed by atoms with Gasteiger partial charge in [0, 0.05) is 6.20 Å². The lowest BCUT2D eigenvalue weighted by molar-refractivity contribution is 0.858. The van der Waals surface area contributed by atoms with E-state index in [1.807, 2.05) is 36.6 Å². The number of hydrogen-bond donors (Lipinski definition) is 0. The van der Waals surface area contributed by atoms with Crippen molar-refractivity contribution in [3.05, 3.63) is 36.5 Å². The second-order valence-electron chi connectivity index (χ2n) is 3.38. The van der Waals surface area contributed by atoms with E-state index in [-0.39, 0.29) is 0 Å². The third-order valence-electron chi connectivity index (χ3n) is 2.34. The van der Waals surface area contributed by atoms with E-state index in [0.717, 1.165) is 16.4 Å². The summed E-state index contributed by atoms with van der Waals surface area (Å²) < 4.78 is 1.72. The number of fused-ring (bicyclic) bond motifs is 1. The number of nitrogens with zero attached hydrogens (tertiary/aromatic N) is 5. The molecule has 0 aliphatic rings. The Morgan fingerprint density at radius 3 is 2.82 bits per heavy atom. The molecule has 0 fully saturated rings. The van der Waals surface area contributed by atoms with Gasteiger partial charge in [-0.05, 0) is 30.5 Å². The molecule has 0 saturated heterocycles. The maximum atomic E-state index is 4.44. The molecule has 0 saturated carbocycles. The van der Waals surface area contributed by atoms with Crippen LogP contribution in [0.4, 0.5) is 0 Å². The van der Waals surface area contributed by atoms with Crippen LogP contribution in [0.1, 0.15) is 0 Å². The third-order valence-corrected chi connectivity index (χ3v) is 2.98. The highest BCUT2D eigenvalue weighted by Crippen LogP contribution is 2.17. The standard InChI is InChI=1S/C11H9N5S/c1-17-10-6-5-9-13-14-11(16(9)15-10)8-4-2-3-7-12-8/h2-7H,1H3. The number of pyridine rings is 1. The topological polar surface area (TPSA) is 56.0 Å². The molecule has 3 heterocycles. The molecule has 0 unspecified atom stereocenters. The molecule has 3 rings (SSSR count). The summed E-state index contributed by atoms with van der Waals surface area (Å²) in [5, 5.41) is 13.6. The average molecular weight is 243 g/mol. The van der Waals surface area contributed by atoms with Crippen LogP contribution in [0, 0.1) is 0 Å². The minimum Gasteiger partial charge on any atom is -0.253 e. The first kappa shape index (κ1) is 10.2. The van der Waals surface area contributed by atoms with Crippen LogP contribution >= 0.6 is 11.8 Å². The quantitative estimate of drug-likeness (QED) is 0.643. The smallest absolute Gasteiger partial charge is 0.203 e. The number of thioether (sulfide) groups is 1. The first-order chi connectivity index (χ1) is 8.38. The van der Waals surface area contributed by atoms with E-state index in [9.17, 15) is 0 Å². The molecule has 0 aliphatic carbocycles. The maximum absolute atomic E-state index is 4.44. The summed E-state index contributed by atoms with van der Waals surface area (Å²) in [5.41, 5.74) is 1.49. The van der Waals surface area contributed by atoms with Crippen molar-refractivity contribution in [3.8, 4) is 11.5 Å². The van der Waals surface area contributed by atoms with Gasteiger partial charge in [-0.2, -0.15) is 9.61 Å². The van der Waals surface area contributed by atoms with Crippen LogP contribution in [0.2, 0.25) is 0 Å². The molecule has 0 N–H and O–H groups in total. The minimum absolute atomic E-state index is 0.663. The minimum atomic E-state index is 0.663. The van der Waals surface area contributed by atoms with E-state index in [1.165, 1.54) is 0 Å². The molecule has 3 aromatic heterocycles. The van der Waals surface area contributed by atoms with Gasteiger partial charge in [0.2, 0.25) is 5.82 Å². The largest absolute Gasteiger partial charge is 0.253 e. The van der Waals surface area contributed by atoms with E-state index < -0.39 is 0 Å². The molecule has 3 aromatic rings. The van der Waals surface area contributed by atoms with Gasteiger partial charge in [-0.15, -0.1) is 22.0 Å². The fourth-order valence-corrected chi connectivity index (χ4v) is 1.90. The predicted molar refractivity (Wildman–Crippen MR) is 65.8 cm³/mol. The summed E-state index contributed by atoms with van der Waals surface area (Å²) in [6.07, 6.45) is 3.72. The van der Waals surface area contributed by atoms with Crippen molar-refractivity contribution in [2.24, 2.45) is 0 Å². The summed E-state index contributed by atoms with van der Waals surface area (Å²) in [6.45, 7) is 0. The van der Waals surface area contributed by atoms with E-state index >= 15 is 0 Å². The lowest BCUT2D eigenvalue weighted by Gasteiger charge is -1.99. The van der Waals surface area contributed by atoms with Crippen molar-refractivity contribution >= 4 is 17.4 Å². The summed E-state index contributed by atoms with van der Waals surface area (Å²) in [4.78, 5) is 4.26. The monoisotopic (exact) mass is 243 g/mol. The Morgan fingerprint density at radius 1 is 1.12 bits per heavy atom. The molecule has 0 bridgehead atoms. The second-order valence-corrected chi connectivity index (χ2v) is 4.21. The Labute approximate surface area is 102 Å². The van der Waals surface area contributed by atoms with E-state index in [4.69, 9.17) is 0 Å². The molecule has 0 amide bonds. The zero-order valence-electron chi connectivity index (χ0n) is 9.11. The summed E-state index contributed by atoms with van der Waals surface area (Å²) in [5.74, 6) is 0.663. The fourth-order valence-electron chi connectivity index (χ4n) is 1.54. The van der Waals surface area contributed by atoms with Crippen molar-refractivity contribution in [2.75, 3.05) is 6.26 Å². The van der Waals surface area contributed by atoms with Crippen molar-refractivity contribution in [3.63, 3.8) is 0 Å². The van der Waals surface area contributed by atoms with Gasteiger partial charge >= 0.3 is 0 Å². The van der Waals surface area contributed by atoms with Gasteiger partial charge in [0.25, 0.3) is 0 Å². The predicted octanol–water partition coefficient (Wildman–Crippen LogP) is 1.91. The second kappa shape index (κ2) is 4.14. The molecule has 0 atom stereocenters. The van der Waals surface area contributed by atoms with Gasteiger partial charge < -0.3 is 0 Å². The Hall–Kier alpha value is -1.95. The Balaban J connectivity index is 2.23. The Bertz CT molecular complexity index is 649. The molecular weight excluding hydrogens is 234 g/mol. The van der Waals surface area contributed by atoms with Gasteiger partial charge in [-0.25, -0.2) is 0 Å². The molecule has 0 aliphatic heterocycles. The molecule has 0 aromatic carbocycles. The molecule has 84 valence electrons. The summed E-state index contributed by atoms with van der Waals surface area (Å²) in [7, 11) is 0. The molecule has 5 nitrogen and oxygen atoms in total. The van der Waals surface area contributed by atoms with Crippen molar-refractivity contribution < 1.29 is 0 Å². The number of rotatable bonds is 2. The maximum Gasteiger partial charge on any atom is 0.203 e. The zero-order chi connectivity index (χ0) is 11.7. The van der Waals surface area contributed by atoms with Crippen LogP contribution in [0.15, 0.2) is 41.6 Å². The Morgan fingerprint density at radius 2 is 2.06 bits per heavy atom. The molecule has 17 heavy (non-hydrogen) atoms. The number of aromatic nitrogens is 5. The summed E-state index contributed by atoms with van der Waals surface area (Å²) in [6, 6.07) is 9.51. The van der Waals surface area contributed by atoms with E-state index in [1.54, 1.807) is 22.5 Å². The Kier molecular flexibility index (Phi) is 2.49. The van der Waals surface area contributed by atoms with Crippen molar-refractivity contribution in [2.45, 2.75) is 5.03 Å². The first-order valence-corrected chi connectivity index (χ1v) is 6.29. The third kappa shape index (κ3) is 1.76. The normalized spacial score (nSPS) is 10.9. The molecule has 6 heteroatoms. The van der Waals surface area contributed by atoms with Crippen LogP contribution in [0.5, 0.6) is 0 Å². The fraction of sp³-hybridized carbons (Fsp3) is 0.0909. The van der Waals surface area contributed by atoms with E-state index in [0.29, 0.717) is 5.82 Å². The average Bonchev–Trinajstić information content (AvgIpc) is 2.82. The van der Waals surface area contributed by atoms with Gasteiger partial charge in [-0.3, -0.25) is 4.98 Å². The van der Waals surface area contributed by atoms with Gasteiger partial charge in [0.15, 0.2) is 5.65 Å². The molecule has 0 radical (unpaired) electrons. The highest BCUT2D eigenvalue weighted by Gasteiger charge is 2.10. The zero-order valence-corrected chi connectivity index (χ0v) is 9.92. The lowest BCUT2D eigenvalue weighted by Crippen LogP contribution is -1.97. The molecule has 0 spiro atoms. The van der Waals surface area contributed by atoms with Crippen LogP contribution in [0.3, 0.4) is 0 Å². The van der Waals surface area contributed by atoms with E-state index in [2.05, 4.69) is 20.3 Å². The van der Waals surface area contributed by atoms with Crippen molar-refractivity contribution in [1.29, 1.82) is 0 Å². The number of hydrogen-bond acceptors (Lipinski definition) is 5. The van der Waals surface area contributed by atoms with Crippen LogP contribution in [-0.4, -0.2) is 31.1 Å². The highest BCUT2D eigenvalue weighted by atomic mass is 32.2. The summed E-state index contributed by atoms with van der Waals surface area (Å²) >= 11 is 1.58. The lowest BCUT2D eigenvalue weighted by atomic mass is 10.3. The molecular formula is C11H9N5S. The van der Waals surface area contributed by atoms with Gasteiger partial charge in [-0.1, -0.05) is 6.07 Å².